The van der Waals surface area contributed by atoms with Crippen molar-refractivity contribution in [1.29, 1.82) is 0 Å². The van der Waals surface area contributed by atoms with Crippen molar-refractivity contribution in [2.75, 3.05) is 0 Å². The molecule has 1 N–H and O–H groups in total. The summed E-state index contributed by atoms with van der Waals surface area (Å²) in [5.74, 6) is -0.993. The zero-order valence-electron chi connectivity index (χ0n) is 7.21. The first kappa shape index (κ1) is 12.6. The zero-order chi connectivity index (χ0) is 8.43. The third kappa shape index (κ3) is 3.18. The number of carboxylic acid groups (broad SMARTS) is 1. The third-order valence-electron chi connectivity index (χ3n) is 1.04. The van der Waals surface area contributed by atoms with E-state index >= 15 is 0 Å². The van der Waals surface area contributed by atoms with Gasteiger partial charge in [0.25, 0.3) is 0 Å². The molecular formula is C6H4ClINNaO2. The zero-order valence-corrected chi connectivity index (χ0v) is 11.1. The summed E-state index contributed by atoms with van der Waals surface area (Å²) in [5.41, 5.74) is 0.152. The molecule has 60 valence electrons. The summed E-state index contributed by atoms with van der Waals surface area (Å²) >= 11 is 7.50. The first-order chi connectivity index (χ1) is 5.11. The number of aromatic nitrogens is 1. The molecule has 6 heteroatoms. The maximum absolute atomic E-state index is 10.4. The van der Waals surface area contributed by atoms with Crippen LogP contribution in [0.15, 0.2) is 12.3 Å². The van der Waals surface area contributed by atoms with Crippen LogP contribution in [-0.2, 0) is 0 Å². The van der Waals surface area contributed by atoms with Gasteiger partial charge in [-0.05, 0) is 28.7 Å². The summed E-state index contributed by atoms with van der Waals surface area (Å²) < 4.78 is 0.643. The monoisotopic (exact) mass is 307 g/mol. The van der Waals surface area contributed by atoms with Crippen molar-refractivity contribution in [3.63, 3.8) is 0 Å². The van der Waals surface area contributed by atoms with Gasteiger partial charge in [0, 0.05) is 6.20 Å². The largest absolute Gasteiger partial charge is 1.00 e. The molecule has 1 aromatic heterocycles. The van der Waals surface area contributed by atoms with Gasteiger partial charge in [0.15, 0.2) is 0 Å². The molecule has 1 aromatic rings. The summed E-state index contributed by atoms with van der Waals surface area (Å²) in [6.07, 6.45) is 1.23. The van der Waals surface area contributed by atoms with E-state index in [-0.39, 0.29) is 36.5 Å². The van der Waals surface area contributed by atoms with E-state index in [1.165, 1.54) is 12.3 Å². The molecule has 12 heavy (non-hydrogen) atoms. The van der Waals surface area contributed by atoms with E-state index in [0.717, 1.165) is 0 Å². The molecule has 0 unspecified atom stereocenters. The molecule has 0 spiro atoms. The van der Waals surface area contributed by atoms with Crippen molar-refractivity contribution in [2.45, 2.75) is 0 Å². The Labute approximate surface area is 111 Å². The SMILES string of the molecule is O=C(O)c1cnc(Cl)c(I)c1.[H-].[Na+]. The normalized spacial score (nSPS) is 8.83. The van der Waals surface area contributed by atoms with Crippen molar-refractivity contribution in [3.05, 3.63) is 26.5 Å². The predicted octanol–water partition coefficient (Wildman–Crippen LogP) is -0.846. The maximum Gasteiger partial charge on any atom is 1.00 e. The summed E-state index contributed by atoms with van der Waals surface area (Å²) in [4.78, 5) is 14.1. The molecule has 0 amide bonds. The molecule has 1 heterocycles. The molecule has 0 fully saturated rings. The fraction of sp³-hybridized carbons (Fsp3) is 0. The molecule has 0 aliphatic rings. The van der Waals surface area contributed by atoms with E-state index in [1.54, 1.807) is 0 Å². The van der Waals surface area contributed by atoms with Crippen LogP contribution in [0, 0.1) is 3.57 Å². The Bertz CT molecular complexity index is 313. The average molecular weight is 307 g/mol. The Kier molecular flexibility index (Phi) is 5.67. The van der Waals surface area contributed by atoms with Gasteiger partial charge in [-0.3, -0.25) is 0 Å². The average Bonchev–Trinajstić information content (AvgIpc) is 1.94. The molecule has 0 aromatic carbocycles. The molecular weight excluding hydrogens is 303 g/mol. The number of carbonyl (C=O) groups is 1. The van der Waals surface area contributed by atoms with Crippen LogP contribution in [0.1, 0.15) is 11.8 Å². The fourth-order valence-corrected chi connectivity index (χ4v) is 1.12. The Hall–Kier alpha value is 0.640. The second-order valence-corrected chi connectivity index (χ2v) is 3.32. The number of hydrogen-bond acceptors (Lipinski definition) is 2. The molecule has 0 aliphatic carbocycles. The standard InChI is InChI=1S/C6H3ClINO2.Na.H/c7-5-4(8)1-3(2-9-5)6(10)11;;/h1-2H,(H,10,11);;/q;+1;-1. The van der Waals surface area contributed by atoms with Crippen LogP contribution in [0.3, 0.4) is 0 Å². The summed E-state index contributed by atoms with van der Waals surface area (Å²) in [7, 11) is 0. The van der Waals surface area contributed by atoms with Crippen molar-refractivity contribution in [2.24, 2.45) is 0 Å². The van der Waals surface area contributed by atoms with Crippen LogP contribution >= 0.6 is 34.2 Å². The molecule has 0 atom stereocenters. The summed E-state index contributed by atoms with van der Waals surface area (Å²) in [6, 6.07) is 1.47. The number of aromatic carboxylic acids is 1. The van der Waals surface area contributed by atoms with E-state index in [4.69, 9.17) is 16.7 Å². The Morgan fingerprint density at radius 2 is 2.33 bits per heavy atom. The summed E-state index contributed by atoms with van der Waals surface area (Å²) in [5, 5.41) is 8.84. The smallest absolute Gasteiger partial charge is 1.00 e. The number of carboxylic acids is 1. The summed E-state index contributed by atoms with van der Waals surface area (Å²) in [6.45, 7) is 0. The Balaban J connectivity index is 0. The van der Waals surface area contributed by atoms with Gasteiger partial charge in [0.1, 0.15) is 5.15 Å². The number of rotatable bonds is 1. The van der Waals surface area contributed by atoms with E-state index < -0.39 is 5.97 Å². The topological polar surface area (TPSA) is 50.2 Å². The van der Waals surface area contributed by atoms with Crippen molar-refractivity contribution >= 4 is 40.2 Å². The number of nitrogens with zero attached hydrogens (tertiary/aromatic N) is 1. The minimum atomic E-state index is -0.993. The maximum atomic E-state index is 10.4. The fourth-order valence-electron chi connectivity index (χ4n) is 0.538. The Morgan fingerprint density at radius 1 is 1.75 bits per heavy atom. The van der Waals surface area contributed by atoms with Crippen LogP contribution in [0.5, 0.6) is 0 Å². The van der Waals surface area contributed by atoms with Gasteiger partial charge >= 0.3 is 35.5 Å². The van der Waals surface area contributed by atoms with Crippen LogP contribution in [-0.4, -0.2) is 16.1 Å². The van der Waals surface area contributed by atoms with Gasteiger partial charge in [-0.15, -0.1) is 0 Å². The second kappa shape index (κ2) is 5.39. The molecule has 0 saturated heterocycles. The minimum absolute atomic E-state index is 0. The Morgan fingerprint density at radius 3 is 2.75 bits per heavy atom. The molecule has 0 radical (unpaired) electrons. The van der Waals surface area contributed by atoms with Crippen molar-refractivity contribution in [1.82, 2.24) is 4.98 Å². The number of hydrogen-bond donors (Lipinski definition) is 1. The molecule has 1 rings (SSSR count). The second-order valence-electron chi connectivity index (χ2n) is 1.80. The predicted molar refractivity (Wildman–Crippen MR) is 50.0 cm³/mol. The van der Waals surface area contributed by atoms with Gasteiger partial charge in [0.2, 0.25) is 0 Å². The van der Waals surface area contributed by atoms with Crippen LogP contribution < -0.4 is 29.6 Å². The van der Waals surface area contributed by atoms with Gasteiger partial charge in [0.05, 0.1) is 9.13 Å². The van der Waals surface area contributed by atoms with Crippen molar-refractivity contribution < 1.29 is 40.9 Å². The molecule has 0 aliphatic heterocycles. The van der Waals surface area contributed by atoms with Gasteiger partial charge in [-0.25, -0.2) is 9.78 Å². The van der Waals surface area contributed by atoms with Gasteiger partial charge in [-0.2, -0.15) is 0 Å². The minimum Gasteiger partial charge on any atom is -1.00 e. The van der Waals surface area contributed by atoms with Gasteiger partial charge in [-0.1, -0.05) is 11.6 Å². The van der Waals surface area contributed by atoms with E-state index in [1.807, 2.05) is 22.6 Å². The number of pyridine rings is 1. The first-order valence-corrected chi connectivity index (χ1v) is 4.11. The van der Waals surface area contributed by atoms with E-state index in [2.05, 4.69) is 4.98 Å². The molecule has 0 bridgehead atoms. The van der Waals surface area contributed by atoms with Gasteiger partial charge < -0.3 is 6.53 Å². The van der Waals surface area contributed by atoms with Crippen LogP contribution in [0.2, 0.25) is 5.15 Å². The molecule has 0 saturated carbocycles. The number of halogens is 2. The van der Waals surface area contributed by atoms with E-state index in [0.29, 0.717) is 8.72 Å². The van der Waals surface area contributed by atoms with Crippen LogP contribution in [0.4, 0.5) is 0 Å². The first-order valence-electron chi connectivity index (χ1n) is 2.65. The molecule has 3 nitrogen and oxygen atoms in total. The third-order valence-corrected chi connectivity index (χ3v) is 2.49. The van der Waals surface area contributed by atoms with Crippen LogP contribution in [0.25, 0.3) is 0 Å². The quantitative estimate of drug-likeness (QED) is 0.418. The van der Waals surface area contributed by atoms with Crippen molar-refractivity contribution in [3.8, 4) is 0 Å². The van der Waals surface area contributed by atoms with E-state index in [9.17, 15) is 4.79 Å².